The highest BCUT2D eigenvalue weighted by Crippen LogP contribution is 2.32. The molecular formula is C24H22F3N3O3. The number of carbonyl (C=O) groups excluding carboxylic acids is 2. The largest absolute Gasteiger partial charge is 0.451 e. The molecule has 2 aromatic carbocycles. The molecule has 1 fully saturated rings. The van der Waals surface area contributed by atoms with Crippen molar-refractivity contribution in [3.05, 3.63) is 78.1 Å². The number of alkyl halides is 3. The molecule has 1 aliphatic heterocycles. The molecule has 2 heterocycles. The van der Waals surface area contributed by atoms with E-state index >= 15 is 0 Å². The number of benzene rings is 2. The molecule has 4 rings (SSSR count). The van der Waals surface area contributed by atoms with Gasteiger partial charge in [-0.2, -0.15) is 13.2 Å². The zero-order valence-corrected chi connectivity index (χ0v) is 17.6. The van der Waals surface area contributed by atoms with E-state index in [1.807, 2.05) is 35.2 Å². The molecule has 6 nitrogen and oxygen atoms in total. The third-order valence-corrected chi connectivity index (χ3v) is 5.38. The van der Waals surface area contributed by atoms with Crippen LogP contribution in [0.5, 0.6) is 0 Å². The van der Waals surface area contributed by atoms with Gasteiger partial charge in [0, 0.05) is 37.4 Å². The lowest BCUT2D eigenvalue weighted by molar-refractivity contribution is -0.137. The highest BCUT2D eigenvalue weighted by atomic mass is 19.4. The highest BCUT2D eigenvalue weighted by molar-refractivity contribution is 5.93. The van der Waals surface area contributed by atoms with Crippen LogP contribution in [-0.2, 0) is 11.0 Å². The number of rotatable bonds is 5. The van der Waals surface area contributed by atoms with E-state index in [0.717, 1.165) is 17.8 Å². The van der Waals surface area contributed by atoms with Crippen molar-refractivity contribution in [2.45, 2.75) is 6.18 Å². The second kappa shape index (κ2) is 9.50. The fraction of sp³-hybridized carbons (Fsp3) is 0.250. The molecule has 0 bridgehead atoms. The Morgan fingerprint density at radius 1 is 0.909 bits per heavy atom. The number of nitrogens with zero attached hydrogens (tertiary/aromatic N) is 2. The topological polar surface area (TPSA) is 65.8 Å². The van der Waals surface area contributed by atoms with Crippen LogP contribution in [0.15, 0.2) is 71.1 Å². The standard InChI is InChI=1S/C24H22F3N3O3/c25-24(26,27)18-6-4-5-17(15-18)20-9-10-21(33-20)23(32)30-13-11-29(12-14-30)16-22(31)28-19-7-2-1-3-8-19/h1-10,15H,11-14,16H2,(H,28,31). The molecule has 1 aromatic heterocycles. The van der Waals surface area contributed by atoms with Gasteiger partial charge in [-0.1, -0.05) is 30.3 Å². The van der Waals surface area contributed by atoms with Gasteiger partial charge in [0.1, 0.15) is 5.76 Å². The minimum Gasteiger partial charge on any atom is -0.451 e. The number of piperazine rings is 1. The van der Waals surface area contributed by atoms with Crippen LogP contribution >= 0.6 is 0 Å². The summed E-state index contributed by atoms with van der Waals surface area (Å²) in [6.07, 6.45) is -4.46. The van der Waals surface area contributed by atoms with Crippen LogP contribution in [0.25, 0.3) is 11.3 Å². The molecule has 0 unspecified atom stereocenters. The molecule has 0 spiro atoms. The molecule has 2 amide bonds. The Bertz CT molecular complexity index is 1120. The Morgan fingerprint density at radius 3 is 2.33 bits per heavy atom. The molecule has 0 saturated carbocycles. The van der Waals surface area contributed by atoms with Crippen LogP contribution in [-0.4, -0.2) is 54.3 Å². The monoisotopic (exact) mass is 457 g/mol. The summed E-state index contributed by atoms with van der Waals surface area (Å²) in [7, 11) is 0. The van der Waals surface area contributed by atoms with E-state index < -0.39 is 11.7 Å². The smallest absolute Gasteiger partial charge is 0.416 e. The third-order valence-electron chi connectivity index (χ3n) is 5.38. The van der Waals surface area contributed by atoms with Gasteiger partial charge in [0.05, 0.1) is 12.1 Å². The molecular weight excluding hydrogens is 435 g/mol. The van der Waals surface area contributed by atoms with Crippen LogP contribution in [0.4, 0.5) is 18.9 Å². The van der Waals surface area contributed by atoms with Crippen molar-refractivity contribution in [1.82, 2.24) is 9.80 Å². The lowest BCUT2D eigenvalue weighted by Crippen LogP contribution is -2.50. The fourth-order valence-electron chi connectivity index (χ4n) is 3.65. The van der Waals surface area contributed by atoms with Crippen LogP contribution in [0.2, 0.25) is 0 Å². The van der Waals surface area contributed by atoms with E-state index in [1.165, 1.54) is 24.3 Å². The maximum absolute atomic E-state index is 13.0. The predicted molar refractivity (Wildman–Crippen MR) is 117 cm³/mol. The number of furan rings is 1. The summed E-state index contributed by atoms with van der Waals surface area (Å²) in [5, 5.41) is 2.83. The minimum absolute atomic E-state index is 0.0673. The Hall–Kier alpha value is -3.59. The first kappa shape index (κ1) is 22.6. The third kappa shape index (κ3) is 5.61. The average molecular weight is 457 g/mol. The number of hydrogen-bond donors (Lipinski definition) is 1. The predicted octanol–water partition coefficient (Wildman–Crippen LogP) is 4.36. The zero-order chi connectivity index (χ0) is 23.4. The number of nitrogens with one attached hydrogen (secondary N) is 1. The van der Waals surface area contributed by atoms with Crippen LogP contribution < -0.4 is 5.32 Å². The van der Waals surface area contributed by atoms with Gasteiger partial charge in [0.25, 0.3) is 5.91 Å². The summed E-state index contributed by atoms with van der Waals surface area (Å²) in [6.45, 7) is 2.09. The summed E-state index contributed by atoms with van der Waals surface area (Å²) < 4.78 is 44.5. The summed E-state index contributed by atoms with van der Waals surface area (Å²) >= 11 is 0. The van der Waals surface area contributed by atoms with Gasteiger partial charge in [-0.25, -0.2) is 0 Å². The van der Waals surface area contributed by atoms with Crippen molar-refractivity contribution in [3.63, 3.8) is 0 Å². The molecule has 0 aliphatic carbocycles. The Morgan fingerprint density at radius 2 is 1.64 bits per heavy atom. The molecule has 0 atom stereocenters. The van der Waals surface area contributed by atoms with Gasteiger partial charge in [0.2, 0.25) is 5.91 Å². The molecule has 1 saturated heterocycles. The molecule has 1 aliphatic rings. The van der Waals surface area contributed by atoms with Crippen molar-refractivity contribution in [1.29, 1.82) is 0 Å². The first-order valence-electron chi connectivity index (χ1n) is 10.4. The van der Waals surface area contributed by atoms with Crippen molar-refractivity contribution in [2.24, 2.45) is 0 Å². The number of halogens is 3. The lowest BCUT2D eigenvalue weighted by atomic mass is 10.1. The highest BCUT2D eigenvalue weighted by Gasteiger charge is 2.31. The first-order valence-corrected chi connectivity index (χ1v) is 10.4. The van der Waals surface area contributed by atoms with E-state index in [2.05, 4.69) is 5.32 Å². The molecule has 0 radical (unpaired) electrons. The average Bonchev–Trinajstić information content (AvgIpc) is 3.30. The van der Waals surface area contributed by atoms with Crippen LogP contribution in [0.3, 0.4) is 0 Å². The van der Waals surface area contributed by atoms with Gasteiger partial charge in [-0.15, -0.1) is 0 Å². The Balaban J connectivity index is 1.32. The maximum Gasteiger partial charge on any atom is 0.416 e. The van der Waals surface area contributed by atoms with Gasteiger partial charge in [-0.05, 0) is 36.4 Å². The van der Waals surface area contributed by atoms with E-state index in [4.69, 9.17) is 4.42 Å². The van der Waals surface area contributed by atoms with Crippen LogP contribution in [0.1, 0.15) is 16.1 Å². The molecule has 1 N–H and O–H groups in total. The molecule has 33 heavy (non-hydrogen) atoms. The van der Waals surface area contributed by atoms with Gasteiger partial charge in [0.15, 0.2) is 5.76 Å². The van der Waals surface area contributed by atoms with Gasteiger partial charge >= 0.3 is 6.18 Å². The number of carbonyl (C=O) groups is 2. The Labute approximate surface area is 188 Å². The second-order valence-electron chi connectivity index (χ2n) is 7.73. The lowest BCUT2D eigenvalue weighted by Gasteiger charge is -2.33. The summed E-state index contributed by atoms with van der Waals surface area (Å²) in [5.41, 5.74) is 0.195. The fourth-order valence-corrected chi connectivity index (χ4v) is 3.65. The van der Waals surface area contributed by atoms with E-state index in [1.54, 1.807) is 4.90 Å². The van der Waals surface area contributed by atoms with Gasteiger partial charge < -0.3 is 14.6 Å². The second-order valence-corrected chi connectivity index (χ2v) is 7.73. The minimum atomic E-state index is -4.46. The number of amides is 2. The SMILES string of the molecule is O=C(CN1CCN(C(=O)c2ccc(-c3cccc(C(F)(F)F)c3)o2)CC1)Nc1ccccc1. The summed E-state index contributed by atoms with van der Waals surface area (Å²) in [6, 6.07) is 16.9. The van der Waals surface area contributed by atoms with Crippen molar-refractivity contribution in [3.8, 4) is 11.3 Å². The molecule has 9 heteroatoms. The number of para-hydroxylation sites is 1. The Kier molecular flexibility index (Phi) is 6.50. The molecule has 3 aromatic rings. The quantitative estimate of drug-likeness (QED) is 0.618. The first-order chi connectivity index (χ1) is 15.8. The van der Waals surface area contributed by atoms with Crippen molar-refractivity contribution < 1.29 is 27.2 Å². The van der Waals surface area contributed by atoms with Crippen LogP contribution in [0, 0.1) is 0 Å². The van der Waals surface area contributed by atoms with Crippen molar-refractivity contribution in [2.75, 3.05) is 38.0 Å². The summed E-state index contributed by atoms with van der Waals surface area (Å²) in [4.78, 5) is 28.6. The van der Waals surface area contributed by atoms with E-state index in [0.29, 0.717) is 26.2 Å². The summed E-state index contributed by atoms with van der Waals surface area (Å²) in [5.74, 6) is -0.197. The number of anilines is 1. The van der Waals surface area contributed by atoms with E-state index in [9.17, 15) is 22.8 Å². The zero-order valence-electron chi connectivity index (χ0n) is 17.6. The van der Waals surface area contributed by atoms with Crippen molar-refractivity contribution >= 4 is 17.5 Å². The normalized spacial score (nSPS) is 14.8. The maximum atomic E-state index is 13.0. The number of hydrogen-bond acceptors (Lipinski definition) is 4. The molecule has 172 valence electrons. The van der Waals surface area contributed by atoms with E-state index in [-0.39, 0.29) is 35.4 Å². The van der Waals surface area contributed by atoms with Gasteiger partial charge in [-0.3, -0.25) is 14.5 Å².